The number of aryl methyl sites for hydroxylation is 2. The molecule has 6 nitrogen and oxygen atoms in total. The van der Waals surface area contributed by atoms with Gasteiger partial charge in [0.1, 0.15) is 5.76 Å². The monoisotopic (exact) mass is 361 g/mol. The fourth-order valence-electron chi connectivity index (χ4n) is 3.18. The molecule has 1 aliphatic rings. The highest BCUT2D eigenvalue weighted by Gasteiger charge is 2.24. The zero-order valence-corrected chi connectivity index (χ0v) is 15.4. The molecular weight excluding hydrogens is 338 g/mol. The topological polar surface area (TPSA) is 75.4 Å². The molecule has 0 saturated carbocycles. The first-order chi connectivity index (χ1) is 12.0. The quantitative estimate of drug-likeness (QED) is 0.888. The Morgan fingerprint density at radius 3 is 2.72 bits per heavy atom. The molecule has 1 saturated heterocycles. The largest absolute Gasteiger partial charge is 0.361 e. The molecule has 2 aromatic rings. The van der Waals surface area contributed by atoms with E-state index in [9.17, 15) is 9.59 Å². The van der Waals surface area contributed by atoms with Crippen molar-refractivity contribution in [2.75, 3.05) is 13.1 Å². The van der Waals surface area contributed by atoms with E-state index in [1.807, 2.05) is 35.6 Å². The molecule has 1 N–H and O–H groups in total. The van der Waals surface area contributed by atoms with Crippen LogP contribution in [0.3, 0.4) is 0 Å². The molecule has 1 aliphatic heterocycles. The Balaban J connectivity index is 1.44. The first-order valence-corrected chi connectivity index (χ1v) is 9.51. The predicted molar refractivity (Wildman–Crippen MR) is 95.7 cm³/mol. The zero-order valence-electron chi connectivity index (χ0n) is 14.6. The Bertz CT molecular complexity index is 711. The van der Waals surface area contributed by atoms with Crippen molar-refractivity contribution in [1.29, 1.82) is 0 Å². The van der Waals surface area contributed by atoms with Gasteiger partial charge in [-0.1, -0.05) is 5.16 Å². The average molecular weight is 361 g/mol. The van der Waals surface area contributed by atoms with Crippen LogP contribution in [0.25, 0.3) is 0 Å². The maximum atomic E-state index is 12.4. The van der Waals surface area contributed by atoms with E-state index in [1.54, 1.807) is 0 Å². The van der Waals surface area contributed by atoms with E-state index < -0.39 is 0 Å². The second kappa shape index (κ2) is 7.82. The third-order valence-electron chi connectivity index (χ3n) is 4.74. The molecule has 3 rings (SSSR count). The molecule has 134 valence electrons. The number of hydrogen-bond donors (Lipinski definition) is 1. The van der Waals surface area contributed by atoms with Crippen LogP contribution in [0.1, 0.15) is 46.6 Å². The molecule has 2 aromatic heterocycles. The summed E-state index contributed by atoms with van der Waals surface area (Å²) in [5, 5.41) is 10.7. The minimum absolute atomic E-state index is 0.0237. The SMILES string of the molecule is Cc1noc(C)c1CCC(=O)N1CCC(NC(=O)c2ccsc2)CC1. The molecule has 0 aromatic carbocycles. The van der Waals surface area contributed by atoms with Gasteiger partial charge in [-0.05, 0) is 44.6 Å². The zero-order chi connectivity index (χ0) is 17.8. The highest BCUT2D eigenvalue weighted by atomic mass is 32.1. The van der Waals surface area contributed by atoms with Gasteiger partial charge >= 0.3 is 0 Å². The van der Waals surface area contributed by atoms with Crippen LogP contribution in [0.2, 0.25) is 0 Å². The number of amides is 2. The van der Waals surface area contributed by atoms with Crippen LogP contribution >= 0.6 is 11.3 Å². The van der Waals surface area contributed by atoms with Crippen molar-refractivity contribution < 1.29 is 14.1 Å². The number of likely N-dealkylation sites (tertiary alicyclic amines) is 1. The van der Waals surface area contributed by atoms with Crippen molar-refractivity contribution >= 4 is 23.2 Å². The highest BCUT2D eigenvalue weighted by molar-refractivity contribution is 7.08. The first-order valence-electron chi connectivity index (χ1n) is 8.57. The summed E-state index contributed by atoms with van der Waals surface area (Å²) in [5.41, 5.74) is 2.61. The molecule has 1 fully saturated rings. The molecule has 3 heterocycles. The third-order valence-corrected chi connectivity index (χ3v) is 5.42. The van der Waals surface area contributed by atoms with Crippen LogP contribution in [-0.4, -0.2) is 41.0 Å². The number of thiophene rings is 1. The summed E-state index contributed by atoms with van der Waals surface area (Å²) < 4.78 is 5.14. The van der Waals surface area contributed by atoms with Crippen molar-refractivity contribution in [1.82, 2.24) is 15.4 Å². The summed E-state index contributed by atoms with van der Waals surface area (Å²) in [6.45, 7) is 5.16. The number of hydrogen-bond acceptors (Lipinski definition) is 5. The Morgan fingerprint density at radius 2 is 2.12 bits per heavy atom. The van der Waals surface area contributed by atoms with E-state index >= 15 is 0 Å². The summed E-state index contributed by atoms with van der Waals surface area (Å²) in [6, 6.07) is 1.96. The predicted octanol–water partition coefficient (Wildman–Crippen LogP) is 2.71. The maximum Gasteiger partial charge on any atom is 0.252 e. The minimum atomic E-state index is -0.0237. The molecule has 0 radical (unpaired) electrons. The van der Waals surface area contributed by atoms with Crippen molar-refractivity contribution in [3.8, 4) is 0 Å². The van der Waals surface area contributed by atoms with Crippen molar-refractivity contribution in [2.24, 2.45) is 0 Å². The molecule has 0 atom stereocenters. The van der Waals surface area contributed by atoms with Crippen molar-refractivity contribution in [2.45, 2.75) is 45.6 Å². The van der Waals surface area contributed by atoms with Gasteiger partial charge in [-0.15, -0.1) is 0 Å². The number of piperidine rings is 1. The smallest absolute Gasteiger partial charge is 0.252 e. The van der Waals surface area contributed by atoms with Crippen LogP contribution in [0, 0.1) is 13.8 Å². The van der Waals surface area contributed by atoms with Crippen LogP contribution < -0.4 is 5.32 Å². The Morgan fingerprint density at radius 1 is 1.36 bits per heavy atom. The molecule has 7 heteroatoms. The summed E-state index contributed by atoms with van der Waals surface area (Å²) in [5.74, 6) is 0.923. The maximum absolute atomic E-state index is 12.4. The van der Waals surface area contributed by atoms with E-state index in [0.29, 0.717) is 31.5 Å². The number of rotatable bonds is 5. The van der Waals surface area contributed by atoms with Gasteiger partial charge in [0.15, 0.2) is 0 Å². The van der Waals surface area contributed by atoms with E-state index in [0.717, 1.165) is 29.9 Å². The number of nitrogens with one attached hydrogen (secondary N) is 1. The fraction of sp³-hybridized carbons (Fsp3) is 0.500. The van der Waals surface area contributed by atoms with Gasteiger partial charge in [-0.2, -0.15) is 11.3 Å². The molecule has 2 amide bonds. The Kier molecular flexibility index (Phi) is 5.53. The van der Waals surface area contributed by atoms with E-state index in [4.69, 9.17) is 4.52 Å². The van der Waals surface area contributed by atoms with Crippen LogP contribution in [0.5, 0.6) is 0 Å². The lowest BCUT2D eigenvalue weighted by molar-refractivity contribution is -0.132. The normalized spacial score (nSPS) is 15.4. The summed E-state index contributed by atoms with van der Waals surface area (Å²) in [6.07, 6.45) is 2.73. The number of aromatic nitrogens is 1. The Hall–Kier alpha value is -2.15. The van der Waals surface area contributed by atoms with Gasteiger partial charge in [0.05, 0.1) is 5.69 Å². The first kappa shape index (κ1) is 17.7. The second-order valence-electron chi connectivity index (χ2n) is 6.44. The van der Waals surface area contributed by atoms with Gasteiger partial charge in [0, 0.05) is 42.1 Å². The molecular formula is C18H23N3O3S. The minimum Gasteiger partial charge on any atom is -0.361 e. The van der Waals surface area contributed by atoms with Gasteiger partial charge < -0.3 is 14.7 Å². The number of carbonyl (C=O) groups is 2. The molecule has 0 unspecified atom stereocenters. The van der Waals surface area contributed by atoms with Crippen LogP contribution in [0.4, 0.5) is 0 Å². The van der Waals surface area contributed by atoms with Gasteiger partial charge in [-0.25, -0.2) is 0 Å². The average Bonchev–Trinajstić information content (AvgIpc) is 3.24. The van der Waals surface area contributed by atoms with Gasteiger partial charge in [0.2, 0.25) is 5.91 Å². The van der Waals surface area contributed by atoms with Crippen LogP contribution in [-0.2, 0) is 11.2 Å². The van der Waals surface area contributed by atoms with Gasteiger partial charge in [0.25, 0.3) is 5.91 Å². The van der Waals surface area contributed by atoms with Crippen molar-refractivity contribution in [3.05, 3.63) is 39.4 Å². The molecule has 0 aliphatic carbocycles. The molecule has 0 spiro atoms. The lowest BCUT2D eigenvalue weighted by atomic mass is 10.0. The molecule has 25 heavy (non-hydrogen) atoms. The van der Waals surface area contributed by atoms with E-state index in [-0.39, 0.29) is 17.9 Å². The standard InChI is InChI=1S/C18H23N3O3S/c1-12-16(13(2)24-20-12)3-4-17(22)21-8-5-15(6-9-21)19-18(23)14-7-10-25-11-14/h7,10-11,15H,3-6,8-9H2,1-2H3,(H,19,23). The number of carbonyl (C=O) groups excluding carboxylic acids is 2. The lowest BCUT2D eigenvalue weighted by Gasteiger charge is -2.32. The molecule has 0 bridgehead atoms. The van der Waals surface area contributed by atoms with E-state index in [1.165, 1.54) is 11.3 Å². The Labute approximate surface area is 151 Å². The summed E-state index contributed by atoms with van der Waals surface area (Å²) >= 11 is 1.52. The van der Waals surface area contributed by atoms with E-state index in [2.05, 4.69) is 10.5 Å². The van der Waals surface area contributed by atoms with Crippen LogP contribution in [0.15, 0.2) is 21.3 Å². The van der Waals surface area contributed by atoms with Gasteiger partial charge in [-0.3, -0.25) is 9.59 Å². The number of nitrogens with zero attached hydrogens (tertiary/aromatic N) is 2. The summed E-state index contributed by atoms with van der Waals surface area (Å²) in [4.78, 5) is 26.4. The fourth-order valence-corrected chi connectivity index (χ4v) is 3.82. The lowest BCUT2D eigenvalue weighted by Crippen LogP contribution is -2.46. The highest BCUT2D eigenvalue weighted by Crippen LogP contribution is 2.17. The summed E-state index contributed by atoms with van der Waals surface area (Å²) in [7, 11) is 0. The third kappa shape index (κ3) is 4.28. The van der Waals surface area contributed by atoms with Crippen molar-refractivity contribution in [3.63, 3.8) is 0 Å². The second-order valence-corrected chi connectivity index (χ2v) is 7.22.